The minimum atomic E-state index is -0.553. The maximum absolute atomic E-state index is 9.65. The zero-order chi connectivity index (χ0) is 13.8. The highest BCUT2D eigenvalue weighted by molar-refractivity contribution is 4.90. The molecule has 0 aromatic rings. The van der Waals surface area contributed by atoms with Gasteiger partial charge in [0.25, 0.3) is 0 Å². The van der Waals surface area contributed by atoms with Crippen molar-refractivity contribution in [3.05, 3.63) is 0 Å². The molecule has 2 fully saturated rings. The molecule has 0 radical (unpaired) electrons. The van der Waals surface area contributed by atoms with Crippen LogP contribution in [0.25, 0.3) is 0 Å². The third-order valence-corrected chi connectivity index (χ3v) is 4.99. The largest absolute Gasteiger partial charge is 0.389 e. The molecule has 1 saturated heterocycles. The van der Waals surface area contributed by atoms with E-state index in [4.69, 9.17) is 0 Å². The van der Waals surface area contributed by atoms with Crippen LogP contribution in [0.2, 0.25) is 0 Å². The Bertz CT molecular complexity index is 265. The predicted octanol–water partition coefficient (Wildman–Crippen LogP) is 0.828. The molecule has 0 aromatic carbocycles. The Morgan fingerprint density at radius 1 is 1.16 bits per heavy atom. The van der Waals surface area contributed by atoms with Gasteiger partial charge in [0, 0.05) is 25.7 Å². The average Bonchev–Trinajstić information content (AvgIpc) is 2.69. The van der Waals surface area contributed by atoms with Crippen LogP contribution < -0.4 is 5.32 Å². The van der Waals surface area contributed by atoms with Crippen LogP contribution in [0.1, 0.15) is 39.0 Å². The number of nitrogens with zero attached hydrogens (tertiary/aromatic N) is 1. The van der Waals surface area contributed by atoms with E-state index in [2.05, 4.69) is 24.2 Å². The summed E-state index contributed by atoms with van der Waals surface area (Å²) in [5, 5.41) is 22.8. The molecule has 112 valence electrons. The lowest BCUT2D eigenvalue weighted by atomic mass is 9.76. The lowest BCUT2D eigenvalue weighted by Crippen LogP contribution is -2.44. The van der Waals surface area contributed by atoms with Gasteiger partial charge in [0.15, 0.2) is 0 Å². The zero-order valence-corrected chi connectivity index (χ0v) is 12.4. The number of likely N-dealkylation sites (tertiary alicyclic amines) is 1. The highest BCUT2D eigenvalue weighted by atomic mass is 16.3. The molecule has 0 aromatic heterocycles. The van der Waals surface area contributed by atoms with E-state index in [-0.39, 0.29) is 0 Å². The summed E-state index contributed by atoms with van der Waals surface area (Å²) < 4.78 is 0. The number of aliphatic hydroxyl groups excluding tert-OH is 2. The number of aliphatic hydroxyl groups is 2. The van der Waals surface area contributed by atoms with Gasteiger partial charge in [-0.2, -0.15) is 0 Å². The molecule has 0 spiro atoms. The maximum atomic E-state index is 9.65. The van der Waals surface area contributed by atoms with E-state index in [1.54, 1.807) is 0 Å². The van der Waals surface area contributed by atoms with E-state index in [9.17, 15) is 10.2 Å². The summed E-state index contributed by atoms with van der Waals surface area (Å²) in [4.78, 5) is 2.23. The van der Waals surface area contributed by atoms with Crippen molar-refractivity contribution >= 4 is 0 Å². The van der Waals surface area contributed by atoms with Gasteiger partial charge in [-0.25, -0.2) is 0 Å². The molecule has 1 heterocycles. The first kappa shape index (κ1) is 15.2. The Morgan fingerprint density at radius 2 is 1.84 bits per heavy atom. The van der Waals surface area contributed by atoms with Gasteiger partial charge in [0.05, 0.1) is 12.2 Å². The lowest BCUT2D eigenvalue weighted by molar-refractivity contribution is 0.0572. The van der Waals surface area contributed by atoms with E-state index < -0.39 is 12.2 Å². The highest BCUT2D eigenvalue weighted by Crippen LogP contribution is 2.33. The van der Waals surface area contributed by atoms with Crippen molar-refractivity contribution in [1.82, 2.24) is 10.2 Å². The van der Waals surface area contributed by atoms with E-state index in [0.29, 0.717) is 25.0 Å². The van der Waals surface area contributed by atoms with Gasteiger partial charge in [-0.1, -0.05) is 19.8 Å². The third-order valence-electron chi connectivity index (χ3n) is 4.99. The Morgan fingerprint density at radius 3 is 2.42 bits per heavy atom. The first-order valence-electron chi connectivity index (χ1n) is 7.89. The predicted molar refractivity (Wildman–Crippen MR) is 77.0 cm³/mol. The summed E-state index contributed by atoms with van der Waals surface area (Å²) in [5.41, 5.74) is 0. The number of nitrogens with one attached hydrogen (secondary N) is 1. The first-order valence-corrected chi connectivity index (χ1v) is 7.89. The summed E-state index contributed by atoms with van der Waals surface area (Å²) in [7, 11) is 2.06. The molecule has 1 aliphatic heterocycles. The SMILES string of the molecule is CCCC1CCC(NC)C(CN2CC(O)C(O)C2)C1. The van der Waals surface area contributed by atoms with Crippen molar-refractivity contribution in [2.75, 3.05) is 26.7 Å². The fourth-order valence-corrected chi connectivity index (χ4v) is 3.94. The summed E-state index contributed by atoms with van der Waals surface area (Å²) >= 11 is 0. The van der Waals surface area contributed by atoms with Crippen LogP contribution in [0.3, 0.4) is 0 Å². The molecule has 5 unspecified atom stereocenters. The Kier molecular flexibility index (Phi) is 5.63. The van der Waals surface area contributed by atoms with Gasteiger partial charge in [0.2, 0.25) is 0 Å². The maximum Gasteiger partial charge on any atom is 0.0938 e. The van der Waals surface area contributed by atoms with E-state index in [1.165, 1.54) is 32.1 Å². The minimum Gasteiger partial charge on any atom is -0.389 e. The Labute approximate surface area is 117 Å². The number of hydrogen-bond acceptors (Lipinski definition) is 4. The van der Waals surface area contributed by atoms with Crippen LogP contribution in [0, 0.1) is 11.8 Å². The molecule has 1 aliphatic carbocycles. The smallest absolute Gasteiger partial charge is 0.0938 e. The summed E-state index contributed by atoms with van der Waals surface area (Å²) in [6.45, 7) is 4.55. The van der Waals surface area contributed by atoms with E-state index >= 15 is 0 Å². The van der Waals surface area contributed by atoms with Gasteiger partial charge in [0.1, 0.15) is 0 Å². The van der Waals surface area contributed by atoms with Gasteiger partial charge >= 0.3 is 0 Å². The molecule has 4 heteroatoms. The third kappa shape index (κ3) is 3.91. The molecular weight excluding hydrogens is 240 g/mol. The lowest BCUT2D eigenvalue weighted by Gasteiger charge is -2.38. The van der Waals surface area contributed by atoms with Crippen LogP contribution in [0.5, 0.6) is 0 Å². The van der Waals surface area contributed by atoms with Gasteiger partial charge in [-0.15, -0.1) is 0 Å². The van der Waals surface area contributed by atoms with Crippen LogP contribution in [-0.2, 0) is 0 Å². The first-order chi connectivity index (χ1) is 9.13. The average molecular weight is 270 g/mol. The van der Waals surface area contributed by atoms with Crippen molar-refractivity contribution in [2.24, 2.45) is 11.8 Å². The van der Waals surface area contributed by atoms with Gasteiger partial charge in [-0.05, 0) is 38.1 Å². The molecule has 0 bridgehead atoms. The van der Waals surface area contributed by atoms with Crippen LogP contribution in [0.4, 0.5) is 0 Å². The van der Waals surface area contributed by atoms with E-state index in [0.717, 1.165) is 12.5 Å². The normalized spacial score (nSPS) is 40.7. The number of rotatable bonds is 5. The van der Waals surface area contributed by atoms with Crippen molar-refractivity contribution < 1.29 is 10.2 Å². The van der Waals surface area contributed by atoms with Crippen LogP contribution in [0.15, 0.2) is 0 Å². The van der Waals surface area contributed by atoms with Gasteiger partial charge < -0.3 is 15.5 Å². The van der Waals surface area contributed by atoms with Crippen molar-refractivity contribution in [2.45, 2.75) is 57.3 Å². The quantitative estimate of drug-likeness (QED) is 0.692. The molecule has 2 aliphatic rings. The molecule has 4 nitrogen and oxygen atoms in total. The van der Waals surface area contributed by atoms with Crippen molar-refractivity contribution in [3.8, 4) is 0 Å². The number of hydrogen-bond donors (Lipinski definition) is 3. The minimum absolute atomic E-state index is 0.553. The molecule has 5 atom stereocenters. The standard InChI is InChI=1S/C15H30N2O2/c1-3-4-11-5-6-13(16-2)12(7-11)8-17-9-14(18)15(19)10-17/h11-16,18-19H,3-10H2,1-2H3. The Hall–Kier alpha value is -0.160. The topological polar surface area (TPSA) is 55.7 Å². The molecule has 0 amide bonds. The Balaban J connectivity index is 1.87. The second-order valence-corrected chi connectivity index (χ2v) is 6.48. The van der Waals surface area contributed by atoms with E-state index in [1.807, 2.05) is 0 Å². The number of β-amino-alcohol motifs (C(OH)–C–C–N with tert-alkyl or cyclic N) is 2. The summed E-state index contributed by atoms with van der Waals surface area (Å²) in [6.07, 6.45) is 5.43. The highest BCUT2D eigenvalue weighted by Gasteiger charge is 2.35. The molecule has 2 rings (SSSR count). The second-order valence-electron chi connectivity index (χ2n) is 6.48. The second kappa shape index (κ2) is 7.02. The van der Waals surface area contributed by atoms with Crippen LogP contribution >= 0.6 is 0 Å². The van der Waals surface area contributed by atoms with Crippen LogP contribution in [-0.4, -0.2) is 60.0 Å². The molecule has 19 heavy (non-hydrogen) atoms. The molecule has 1 saturated carbocycles. The fourth-order valence-electron chi connectivity index (χ4n) is 3.94. The summed E-state index contributed by atoms with van der Waals surface area (Å²) in [6, 6.07) is 0.600. The monoisotopic (exact) mass is 270 g/mol. The molecule has 3 N–H and O–H groups in total. The van der Waals surface area contributed by atoms with Crippen molar-refractivity contribution in [3.63, 3.8) is 0 Å². The summed E-state index contributed by atoms with van der Waals surface area (Å²) in [5.74, 6) is 1.53. The fraction of sp³-hybridized carbons (Fsp3) is 1.00. The van der Waals surface area contributed by atoms with Crippen molar-refractivity contribution in [1.29, 1.82) is 0 Å². The van der Waals surface area contributed by atoms with Gasteiger partial charge in [-0.3, -0.25) is 4.90 Å². The molecular formula is C15H30N2O2. The zero-order valence-electron chi connectivity index (χ0n) is 12.4.